The van der Waals surface area contributed by atoms with Crippen LogP contribution in [0.4, 0.5) is 14.5 Å². The Bertz CT molecular complexity index is 813. The third-order valence-electron chi connectivity index (χ3n) is 4.16. The van der Waals surface area contributed by atoms with Gasteiger partial charge < -0.3 is 4.90 Å². The molecule has 128 valence electrons. The monoisotopic (exact) mass is 352 g/mol. The smallest absolute Gasteiger partial charge is 0.243 e. The zero-order valence-electron chi connectivity index (χ0n) is 13.0. The molecule has 2 aromatic carbocycles. The minimum Gasteiger partial charge on any atom is -0.367 e. The van der Waals surface area contributed by atoms with Gasteiger partial charge in [0.2, 0.25) is 10.0 Å². The van der Waals surface area contributed by atoms with Gasteiger partial charge in [0.25, 0.3) is 0 Å². The maximum absolute atomic E-state index is 13.7. The first-order chi connectivity index (χ1) is 11.5. The van der Waals surface area contributed by atoms with Gasteiger partial charge in [0.05, 0.1) is 0 Å². The van der Waals surface area contributed by atoms with Crippen LogP contribution in [0, 0.1) is 11.6 Å². The molecule has 0 aliphatic carbocycles. The average molecular weight is 352 g/mol. The maximum Gasteiger partial charge on any atom is 0.243 e. The third kappa shape index (κ3) is 3.57. The first-order valence-electron chi connectivity index (χ1n) is 7.74. The molecule has 7 heteroatoms. The summed E-state index contributed by atoms with van der Waals surface area (Å²) in [6.07, 6.45) is 1.79. The van der Waals surface area contributed by atoms with Crippen molar-refractivity contribution in [3.63, 3.8) is 0 Å². The molecule has 0 amide bonds. The van der Waals surface area contributed by atoms with Crippen molar-refractivity contribution in [3.05, 3.63) is 60.2 Å². The van der Waals surface area contributed by atoms with Crippen molar-refractivity contribution in [1.29, 1.82) is 0 Å². The normalized spacial score (nSPS) is 18.1. The zero-order valence-corrected chi connectivity index (χ0v) is 13.8. The number of halogens is 2. The molecule has 4 nitrogen and oxygen atoms in total. The molecule has 0 bridgehead atoms. The topological polar surface area (TPSA) is 49.4 Å². The van der Waals surface area contributed by atoms with E-state index < -0.39 is 26.6 Å². The van der Waals surface area contributed by atoms with Crippen molar-refractivity contribution in [2.24, 2.45) is 0 Å². The summed E-state index contributed by atoms with van der Waals surface area (Å²) in [4.78, 5) is 1.47. The van der Waals surface area contributed by atoms with E-state index in [-0.39, 0.29) is 12.6 Å². The van der Waals surface area contributed by atoms with E-state index in [1.807, 2.05) is 30.3 Å². The summed E-state index contributed by atoms with van der Waals surface area (Å²) in [6.45, 7) is 0.984. The summed E-state index contributed by atoms with van der Waals surface area (Å²) >= 11 is 0. The largest absolute Gasteiger partial charge is 0.367 e. The van der Waals surface area contributed by atoms with Gasteiger partial charge in [0, 0.05) is 24.8 Å². The molecule has 1 aliphatic rings. The second kappa shape index (κ2) is 6.86. The van der Waals surface area contributed by atoms with Gasteiger partial charge in [0.1, 0.15) is 16.5 Å². The van der Waals surface area contributed by atoms with E-state index in [4.69, 9.17) is 0 Å². The van der Waals surface area contributed by atoms with Crippen molar-refractivity contribution in [2.45, 2.75) is 23.8 Å². The lowest BCUT2D eigenvalue weighted by molar-refractivity contribution is 0.539. The number of nitrogens with one attached hydrogen (secondary N) is 1. The molecular formula is C17H18F2N2O2S. The Labute approximate surface area is 140 Å². The van der Waals surface area contributed by atoms with Crippen LogP contribution in [0.1, 0.15) is 12.8 Å². The molecule has 0 aromatic heterocycles. The lowest BCUT2D eigenvalue weighted by Gasteiger charge is -2.27. The lowest BCUT2D eigenvalue weighted by Crippen LogP contribution is -2.40. The molecule has 1 atom stereocenters. The third-order valence-corrected chi connectivity index (χ3v) is 5.60. The summed E-state index contributed by atoms with van der Waals surface area (Å²) < 4.78 is 53.9. The molecule has 1 N–H and O–H groups in total. The summed E-state index contributed by atoms with van der Waals surface area (Å²) in [6, 6.07) is 12.1. The number of sulfonamides is 1. The molecule has 1 aliphatic heterocycles. The van der Waals surface area contributed by atoms with Gasteiger partial charge in [-0.05, 0) is 43.2 Å². The Morgan fingerprint density at radius 1 is 1.12 bits per heavy atom. The van der Waals surface area contributed by atoms with E-state index in [1.54, 1.807) is 0 Å². The Balaban J connectivity index is 1.73. The van der Waals surface area contributed by atoms with E-state index in [2.05, 4.69) is 9.62 Å². The Hall–Kier alpha value is -1.99. The molecule has 24 heavy (non-hydrogen) atoms. The molecule has 0 saturated carbocycles. The summed E-state index contributed by atoms with van der Waals surface area (Å²) in [5.41, 5.74) is 1.02. The molecule has 1 fully saturated rings. The van der Waals surface area contributed by atoms with Crippen LogP contribution in [0.15, 0.2) is 53.4 Å². The number of hydrogen-bond acceptors (Lipinski definition) is 3. The van der Waals surface area contributed by atoms with Crippen LogP contribution < -0.4 is 9.62 Å². The maximum atomic E-state index is 13.7. The summed E-state index contributed by atoms with van der Waals surface area (Å²) in [7, 11) is -4.10. The van der Waals surface area contributed by atoms with Crippen LogP contribution in [0.2, 0.25) is 0 Å². The lowest BCUT2D eigenvalue weighted by atomic mass is 10.2. The number of para-hydroxylation sites is 1. The van der Waals surface area contributed by atoms with Crippen molar-refractivity contribution in [2.75, 3.05) is 18.0 Å². The SMILES string of the molecule is O=S(=O)(NCC1CCCN1c1ccccc1)c1cc(F)ccc1F. The second-order valence-corrected chi connectivity index (χ2v) is 7.49. The Kier molecular flexibility index (Phi) is 4.82. The molecule has 0 radical (unpaired) electrons. The fourth-order valence-electron chi connectivity index (χ4n) is 2.97. The number of benzene rings is 2. The van der Waals surface area contributed by atoms with Crippen LogP contribution in [0.25, 0.3) is 0 Å². The van der Waals surface area contributed by atoms with E-state index in [9.17, 15) is 17.2 Å². The molecule has 1 unspecified atom stereocenters. The Morgan fingerprint density at radius 2 is 1.88 bits per heavy atom. The molecule has 1 heterocycles. The van der Waals surface area contributed by atoms with E-state index in [0.717, 1.165) is 37.2 Å². The second-order valence-electron chi connectivity index (χ2n) is 5.75. The predicted molar refractivity (Wildman–Crippen MR) is 88.4 cm³/mol. The highest BCUT2D eigenvalue weighted by molar-refractivity contribution is 7.89. The van der Waals surface area contributed by atoms with Crippen LogP contribution in [-0.2, 0) is 10.0 Å². The minimum atomic E-state index is -4.10. The Morgan fingerprint density at radius 3 is 2.62 bits per heavy atom. The highest BCUT2D eigenvalue weighted by Crippen LogP contribution is 2.25. The van der Waals surface area contributed by atoms with Gasteiger partial charge in [-0.1, -0.05) is 18.2 Å². The standard InChI is InChI=1S/C17H18F2N2O2S/c18-13-8-9-16(19)17(11-13)24(22,23)20-12-15-7-4-10-21(15)14-5-2-1-3-6-14/h1-3,5-6,8-9,11,15,20H,4,7,10,12H2. The van der Waals surface area contributed by atoms with Gasteiger partial charge >= 0.3 is 0 Å². The first-order valence-corrected chi connectivity index (χ1v) is 9.22. The quantitative estimate of drug-likeness (QED) is 0.900. The molecular weight excluding hydrogens is 334 g/mol. The van der Waals surface area contributed by atoms with Crippen LogP contribution in [0.3, 0.4) is 0 Å². The van der Waals surface area contributed by atoms with Crippen LogP contribution in [-0.4, -0.2) is 27.5 Å². The predicted octanol–water partition coefficient (Wildman–Crippen LogP) is 2.91. The van der Waals surface area contributed by atoms with Gasteiger partial charge in [-0.3, -0.25) is 0 Å². The molecule has 2 aromatic rings. The van der Waals surface area contributed by atoms with Crippen LogP contribution in [0.5, 0.6) is 0 Å². The van der Waals surface area contributed by atoms with E-state index in [0.29, 0.717) is 6.07 Å². The fourth-order valence-corrected chi connectivity index (χ4v) is 4.13. The number of nitrogens with zero attached hydrogens (tertiary/aromatic N) is 1. The number of anilines is 1. The van der Waals surface area contributed by atoms with Gasteiger partial charge in [0.15, 0.2) is 0 Å². The summed E-state index contributed by atoms with van der Waals surface area (Å²) in [5, 5.41) is 0. The van der Waals surface area contributed by atoms with E-state index in [1.165, 1.54) is 0 Å². The highest BCUT2D eigenvalue weighted by Gasteiger charge is 2.27. The average Bonchev–Trinajstić information content (AvgIpc) is 3.04. The van der Waals surface area contributed by atoms with Gasteiger partial charge in [-0.15, -0.1) is 0 Å². The van der Waals surface area contributed by atoms with Crippen molar-refractivity contribution in [3.8, 4) is 0 Å². The number of rotatable bonds is 5. The van der Waals surface area contributed by atoms with Gasteiger partial charge in [-0.2, -0.15) is 0 Å². The van der Waals surface area contributed by atoms with Gasteiger partial charge in [-0.25, -0.2) is 21.9 Å². The molecule has 0 spiro atoms. The molecule has 1 saturated heterocycles. The van der Waals surface area contributed by atoms with E-state index >= 15 is 0 Å². The fraction of sp³-hybridized carbons (Fsp3) is 0.294. The van der Waals surface area contributed by atoms with Crippen LogP contribution >= 0.6 is 0 Å². The summed E-state index contributed by atoms with van der Waals surface area (Å²) in [5.74, 6) is -1.75. The van der Waals surface area contributed by atoms with Crippen molar-refractivity contribution < 1.29 is 17.2 Å². The zero-order chi connectivity index (χ0) is 17.2. The highest BCUT2D eigenvalue weighted by atomic mass is 32.2. The first kappa shape index (κ1) is 16.9. The number of hydrogen-bond donors (Lipinski definition) is 1. The van der Waals surface area contributed by atoms with Crippen molar-refractivity contribution in [1.82, 2.24) is 4.72 Å². The minimum absolute atomic E-state index is 0.0150. The van der Waals surface area contributed by atoms with Crippen molar-refractivity contribution >= 4 is 15.7 Å². The molecule has 3 rings (SSSR count).